The molecule has 9 heteroatoms. The molecule has 1 amide bonds. The number of aromatic nitrogens is 3. The number of nitrogens with zero attached hydrogens (tertiary/aromatic N) is 5. The molecule has 1 N–H and O–H groups in total. The third kappa shape index (κ3) is 4.95. The molecule has 2 aromatic carbocycles. The predicted octanol–water partition coefficient (Wildman–Crippen LogP) is 3.08. The van der Waals surface area contributed by atoms with Crippen LogP contribution in [0, 0.1) is 17.0 Å². The van der Waals surface area contributed by atoms with Crippen LogP contribution >= 0.6 is 0 Å². The Morgan fingerprint density at radius 2 is 1.94 bits per heavy atom. The van der Waals surface area contributed by atoms with Gasteiger partial charge in [-0.2, -0.15) is 0 Å². The van der Waals surface area contributed by atoms with E-state index in [2.05, 4.69) is 46.8 Å². The lowest BCUT2D eigenvalue weighted by molar-refractivity contribution is -0.384. The van der Waals surface area contributed by atoms with Gasteiger partial charge in [-0.1, -0.05) is 42.5 Å². The summed E-state index contributed by atoms with van der Waals surface area (Å²) in [5, 5.41) is 22.0. The van der Waals surface area contributed by atoms with E-state index in [1.165, 1.54) is 22.4 Å². The molecule has 0 fully saturated rings. The van der Waals surface area contributed by atoms with Crippen molar-refractivity contribution in [1.82, 2.24) is 25.2 Å². The van der Waals surface area contributed by atoms with Gasteiger partial charge in [-0.25, -0.2) is 4.68 Å². The SMILES string of the molecule is CCc1ccc(C(CNC(=O)c2nnn(-c3cccc([N+](=O)[O-])c3)c2C)N(C)C)cc1. The van der Waals surface area contributed by atoms with Crippen molar-refractivity contribution in [2.24, 2.45) is 0 Å². The lowest BCUT2D eigenvalue weighted by atomic mass is 10.0. The van der Waals surface area contributed by atoms with Crippen molar-refractivity contribution in [3.8, 4) is 5.69 Å². The molecule has 31 heavy (non-hydrogen) atoms. The number of hydrogen-bond acceptors (Lipinski definition) is 6. The largest absolute Gasteiger partial charge is 0.349 e. The molecule has 0 saturated carbocycles. The van der Waals surface area contributed by atoms with Crippen LogP contribution in [-0.2, 0) is 6.42 Å². The first-order chi connectivity index (χ1) is 14.8. The van der Waals surface area contributed by atoms with Crippen LogP contribution in [0.5, 0.6) is 0 Å². The van der Waals surface area contributed by atoms with Crippen LogP contribution in [0.1, 0.15) is 40.3 Å². The highest BCUT2D eigenvalue weighted by Gasteiger charge is 2.21. The zero-order valence-electron chi connectivity index (χ0n) is 18.1. The molecule has 0 aliphatic heterocycles. The lowest BCUT2D eigenvalue weighted by Gasteiger charge is -2.25. The fraction of sp³-hybridized carbons (Fsp3) is 0.318. The number of hydrogen-bond donors (Lipinski definition) is 1. The number of amides is 1. The summed E-state index contributed by atoms with van der Waals surface area (Å²) in [5.74, 6) is -0.341. The van der Waals surface area contributed by atoms with E-state index >= 15 is 0 Å². The highest BCUT2D eigenvalue weighted by atomic mass is 16.6. The molecule has 1 atom stereocenters. The average molecular weight is 422 g/mol. The van der Waals surface area contributed by atoms with Gasteiger partial charge >= 0.3 is 0 Å². The zero-order chi connectivity index (χ0) is 22.5. The van der Waals surface area contributed by atoms with Crippen molar-refractivity contribution in [3.63, 3.8) is 0 Å². The number of carbonyl (C=O) groups excluding carboxylic acids is 1. The molecule has 0 bridgehead atoms. The van der Waals surface area contributed by atoms with E-state index in [4.69, 9.17) is 0 Å². The van der Waals surface area contributed by atoms with Gasteiger partial charge in [-0.05, 0) is 44.6 Å². The van der Waals surface area contributed by atoms with Crippen LogP contribution < -0.4 is 5.32 Å². The van der Waals surface area contributed by atoms with Crippen LogP contribution in [0.15, 0.2) is 48.5 Å². The Hall–Kier alpha value is -3.59. The third-order valence-corrected chi connectivity index (χ3v) is 5.25. The molecule has 0 aliphatic rings. The van der Waals surface area contributed by atoms with Crippen LogP contribution in [-0.4, -0.2) is 51.4 Å². The minimum absolute atomic E-state index is 0.00183. The van der Waals surface area contributed by atoms with E-state index in [1.54, 1.807) is 19.1 Å². The molecule has 9 nitrogen and oxygen atoms in total. The Balaban J connectivity index is 1.75. The second-order valence-corrected chi connectivity index (χ2v) is 7.50. The van der Waals surface area contributed by atoms with Crippen LogP contribution in [0.25, 0.3) is 5.69 Å². The van der Waals surface area contributed by atoms with Gasteiger partial charge in [-0.3, -0.25) is 14.9 Å². The van der Waals surface area contributed by atoms with Crippen molar-refractivity contribution in [1.29, 1.82) is 0 Å². The molecule has 162 valence electrons. The van der Waals surface area contributed by atoms with Gasteiger partial charge in [0.25, 0.3) is 11.6 Å². The molecule has 1 unspecified atom stereocenters. The number of nitrogens with one attached hydrogen (secondary N) is 1. The molecule has 0 radical (unpaired) electrons. The Bertz CT molecular complexity index is 1080. The maximum absolute atomic E-state index is 12.8. The third-order valence-electron chi connectivity index (χ3n) is 5.25. The fourth-order valence-corrected chi connectivity index (χ4v) is 3.37. The van der Waals surface area contributed by atoms with Crippen molar-refractivity contribution < 1.29 is 9.72 Å². The fourth-order valence-electron chi connectivity index (χ4n) is 3.37. The number of rotatable bonds is 8. The van der Waals surface area contributed by atoms with Gasteiger partial charge < -0.3 is 10.2 Å². The smallest absolute Gasteiger partial charge is 0.273 e. The predicted molar refractivity (Wildman–Crippen MR) is 117 cm³/mol. The summed E-state index contributed by atoms with van der Waals surface area (Å²) in [7, 11) is 3.93. The van der Waals surface area contributed by atoms with Crippen molar-refractivity contribution in [2.75, 3.05) is 20.6 Å². The van der Waals surface area contributed by atoms with Gasteiger partial charge in [0.15, 0.2) is 5.69 Å². The monoisotopic (exact) mass is 422 g/mol. The van der Waals surface area contributed by atoms with Crippen molar-refractivity contribution in [2.45, 2.75) is 26.3 Å². The van der Waals surface area contributed by atoms with E-state index < -0.39 is 4.92 Å². The Labute approximate surface area is 180 Å². The van der Waals surface area contributed by atoms with E-state index in [0.29, 0.717) is 17.9 Å². The number of likely N-dealkylation sites (N-methyl/N-ethyl adjacent to an activating group) is 1. The van der Waals surface area contributed by atoms with E-state index in [9.17, 15) is 14.9 Å². The summed E-state index contributed by atoms with van der Waals surface area (Å²) < 4.78 is 1.43. The topological polar surface area (TPSA) is 106 Å². The summed E-state index contributed by atoms with van der Waals surface area (Å²) in [6.07, 6.45) is 0.975. The van der Waals surface area contributed by atoms with Gasteiger partial charge in [0.2, 0.25) is 0 Å². The molecule has 3 rings (SSSR count). The molecule has 0 saturated heterocycles. The van der Waals surface area contributed by atoms with Gasteiger partial charge in [0, 0.05) is 18.7 Å². The Morgan fingerprint density at radius 3 is 2.55 bits per heavy atom. The second kappa shape index (κ2) is 9.48. The number of non-ortho nitro benzene ring substituents is 1. The number of nitro benzene ring substituents is 1. The first kappa shape index (κ1) is 22.1. The second-order valence-electron chi connectivity index (χ2n) is 7.50. The minimum atomic E-state index is -0.474. The lowest BCUT2D eigenvalue weighted by Crippen LogP contribution is -2.35. The van der Waals surface area contributed by atoms with Gasteiger partial charge in [-0.15, -0.1) is 5.10 Å². The summed E-state index contributed by atoms with van der Waals surface area (Å²) in [6.45, 7) is 4.23. The van der Waals surface area contributed by atoms with E-state index in [0.717, 1.165) is 12.0 Å². The van der Waals surface area contributed by atoms with Crippen LogP contribution in [0.2, 0.25) is 0 Å². The number of nitro groups is 1. The number of carbonyl (C=O) groups is 1. The molecule has 0 spiro atoms. The molecular weight excluding hydrogens is 396 g/mol. The highest BCUT2D eigenvalue weighted by Crippen LogP contribution is 2.20. The first-order valence-electron chi connectivity index (χ1n) is 10.0. The van der Waals surface area contributed by atoms with Crippen LogP contribution in [0.4, 0.5) is 5.69 Å². The van der Waals surface area contributed by atoms with Crippen molar-refractivity contribution in [3.05, 3.63) is 81.2 Å². The van der Waals surface area contributed by atoms with Crippen molar-refractivity contribution >= 4 is 11.6 Å². The molecule has 1 aromatic heterocycles. The van der Waals surface area contributed by atoms with E-state index in [-0.39, 0.29) is 23.3 Å². The minimum Gasteiger partial charge on any atom is -0.349 e. The maximum Gasteiger partial charge on any atom is 0.273 e. The average Bonchev–Trinajstić information content (AvgIpc) is 3.15. The Morgan fingerprint density at radius 1 is 1.23 bits per heavy atom. The van der Waals surface area contributed by atoms with Crippen LogP contribution in [0.3, 0.4) is 0 Å². The summed E-state index contributed by atoms with van der Waals surface area (Å²) >= 11 is 0. The number of benzene rings is 2. The zero-order valence-corrected chi connectivity index (χ0v) is 18.1. The van der Waals surface area contributed by atoms with E-state index in [1.807, 2.05) is 19.0 Å². The normalized spacial score (nSPS) is 12.0. The molecule has 1 heterocycles. The molecular formula is C22H26N6O3. The maximum atomic E-state index is 12.8. The highest BCUT2D eigenvalue weighted by molar-refractivity contribution is 5.93. The quantitative estimate of drug-likeness (QED) is 0.442. The standard InChI is InChI=1S/C22H26N6O3/c1-5-16-9-11-17(12-10-16)20(26(3)4)14-23-22(29)21-15(2)27(25-24-21)18-7-6-8-19(13-18)28(30)31/h6-13,20H,5,14H2,1-4H3,(H,23,29). The number of aryl methyl sites for hydroxylation is 1. The molecule has 3 aromatic rings. The van der Waals surface area contributed by atoms with Gasteiger partial charge in [0.05, 0.1) is 22.3 Å². The summed E-state index contributed by atoms with van der Waals surface area (Å²) in [6, 6.07) is 14.4. The summed E-state index contributed by atoms with van der Waals surface area (Å²) in [4.78, 5) is 25.4. The van der Waals surface area contributed by atoms with Gasteiger partial charge in [0.1, 0.15) is 0 Å². The molecule has 0 aliphatic carbocycles. The Kier molecular flexibility index (Phi) is 6.76. The first-order valence-corrected chi connectivity index (χ1v) is 10.0. The summed E-state index contributed by atoms with van der Waals surface area (Å²) in [5.41, 5.74) is 3.48.